The van der Waals surface area contributed by atoms with Crippen molar-refractivity contribution >= 4 is 10.8 Å². The Bertz CT molecular complexity index is 617. The minimum Gasteiger partial charge on any atom is -0.254 e. The van der Waals surface area contributed by atoms with Crippen molar-refractivity contribution in [3.05, 3.63) is 48.8 Å². The van der Waals surface area contributed by atoms with Gasteiger partial charge in [0.1, 0.15) is 5.69 Å². The van der Waals surface area contributed by atoms with Gasteiger partial charge in [0, 0.05) is 11.6 Å². The molecule has 0 unspecified atom stereocenters. The lowest BCUT2D eigenvalue weighted by molar-refractivity contribution is 0.868. The van der Waals surface area contributed by atoms with E-state index in [-0.39, 0.29) is 0 Å². The molecule has 1 aromatic carbocycles. The Morgan fingerprint density at radius 2 is 1.81 bits per heavy atom. The Morgan fingerprint density at radius 1 is 0.875 bits per heavy atom. The summed E-state index contributed by atoms with van der Waals surface area (Å²) in [4.78, 5) is 4.35. The van der Waals surface area contributed by atoms with Crippen LogP contribution in [0.5, 0.6) is 0 Å². The van der Waals surface area contributed by atoms with Crippen LogP contribution in [-0.2, 0) is 0 Å². The van der Waals surface area contributed by atoms with Crippen LogP contribution < -0.4 is 0 Å². The SMILES string of the molecule is c1ccc2c(-c3ccnnn3)nccc2c1. The van der Waals surface area contributed by atoms with Gasteiger partial charge in [-0.15, -0.1) is 10.2 Å². The second kappa shape index (κ2) is 3.66. The van der Waals surface area contributed by atoms with E-state index in [9.17, 15) is 0 Å². The van der Waals surface area contributed by atoms with E-state index >= 15 is 0 Å². The van der Waals surface area contributed by atoms with E-state index in [2.05, 4.69) is 26.5 Å². The van der Waals surface area contributed by atoms with Crippen molar-refractivity contribution in [3.8, 4) is 11.4 Å². The lowest BCUT2D eigenvalue weighted by Crippen LogP contribution is -1.92. The molecular weight excluding hydrogens is 200 g/mol. The monoisotopic (exact) mass is 208 g/mol. The van der Waals surface area contributed by atoms with Crippen molar-refractivity contribution in [3.63, 3.8) is 0 Å². The molecule has 0 aliphatic heterocycles. The molecule has 0 bridgehead atoms. The Labute approximate surface area is 92.0 Å². The molecule has 0 fully saturated rings. The Balaban J connectivity index is 2.32. The summed E-state index contributed by atoms with van der Waals surface area (Å²) < 4.78 is 0. The van der Waals surface area contributed by atoms with E-state index in [1.807, 2.05) is 30.3 Å². The summed E-state index contributed by atoms with van der Waals surface area (Å²) in [6.45, 7) is 0. The molecule has 3 rings (SSSR count). The van der Waals surface area contributed by atoms with Gasteiger partial charge < -0.3 is 0 Å². The molecule has 0 atom stereocenters. The summed E-state index contributed by atoms with van der Waals surface area (Å²) in [5, 5.41) is 13.5. The molecule has 2 heterocycles. The van der Waals surface area contributed by atoms with E-state index in [0.717, 1.165) is 22.2 Å². The summed E-state index contributed by atoms with van der Waals surface area (Å²) in [5.41, 5.74) is 1.58. The normalized spacial score (nSPS) is 10.5. The fourth-order valence-electron chi connectivity index (χ4n) is 1.69. The van der Waals surface area contributed by atoms with E-state index in [1.54, 1.807) is 12.4 Å². The van der Waals surface area contributed by atoms with Gasteiger partial charge >= 0.3 is 0 Å². The van der Waals surface area contributed by atoms with Gasteiger partial charge in [0.2, 0.25) is 0 Å². The quantitative estimate of drug-likeness (QED) is 0.614. The maximum absolute atomic E-state index is 4.35. The highest BCUT2D eigenvalue weighted by Gasteiger charge is 2.05. The van der Waals surface area contributed by atoms with Crippen molar-refractivity contribution in [2.24, 2.45) is 0 Å². The van der Waals surface area contributed by atoms with Crippen LogP contribution in [0.25, 0.3) is 22.2 Å². The molecule has 0 saturated heterocycles. The van der Waals surface area contributed by atoms with Crippen LogP contribution in [0.1, 0.15) is 0 Å². The van der Waals surface area contributed by atoms with E-state index < -0.39 is 0 Å². The first-order valence-corrected chi connectivity index (χ1v) is 4.93. The van der Waals surface area contributed by atoms with Crippen LogP contribution in [0, 0.1) is 0 Å². The predicted octanol–water partition coefficient (Wildman–Crippen LogP) is 2.09. The highest BCUT2D eigenvalue weighted by molar-refractivity contribution is 5.93. The zero-order valence-electron chi connectivity index (χ0n) is 8.41. The fraction of sp³-hybridized carbons (Fsp3) is 0. The van der Waals surface area contributed by atoms with Gasteiger partial charge in [-0.3, -0.25) is 4.98 Å². The van der Waals surface area contributed by atoms with Crippen LogP contribution in [0.15, 0.2) is 48.8 Å². The number of benzene rings is 1. The maximum atomic E-state index is 4.35. The molecule has 0 N–H and O–H groups in total. The van der Waals surface area contributed by atoms with Crippen molar-refractivity contribution in [2.45, 2.75) is 0 Å². The van der Waals surface area contributed by atoms with Crippen molar-refractivity contribution in [2.75, 3.05) is 0 Å². The summed E-state index contributed by atoms with van der Waals surface area (Å²) in [7, 11) is 0. The minimum absolute atomic E-state index is 0.742. The Morgan fingerprint density at radius 3 is 2.69 bits per heavy atom. The molecular formula is C12H8N4. The second-order valence-corrected chi connectivity index (χ2v) is 3.39. The van der Waals surface area contributed by atoms with Gasteiger partial charge in [-0.1, -0.05) is 24.3 Å². The fourth-order valence-corrected chi connectivity index (χ4v) is 1.69. The summed E-state index contributed by atoms with van der Waals surface area (Å²) >= 11 is 0. The van der Waals surface area contributed by atoms with Gasteiger partial charge in [0.15, 0.2) is 0 Å². The molecule has 4 heteroatoms. The molecule has 0 saturated carbocycles. The summed E-state index contributed by atoms with van der Waals surface area (Å²) in [6.07, 6.45) is 3.39. The number of aromatic nitrogens is 4. The second-order valence-electron chi connectivity index (χ2n) is 3.39. The van der Waals surface area contributed by atoms with Crippen LogP contribution in [0.3, 0.4) is 0 Å². The molecule has 4 nitrogen and oxygen atoms in total. The van der Waals surface area contributed by atoms with Crippen molar-refractivity contribution in [1.82, 2.24) is 20.4 Å². The number of nitrogens with zero attached hydrogens (tertiary/aromatic N) is 4. The lowest BCUT2D eigenvalue weighted by Gasteiger charge is -2.02. The number of fused-ring (bicyclic) bond motifs is 1. The smallest absolute Gasteiger partial charge is 0.115 e. The number of hydrogen-bond donors (Lipinski definition) is 0. The van der Waals surface area contributed by atoms with Gasteiger partial charge in [0.25, 0.3) is 0 Å². The first kappa shape index (κ1) is 8.91. The van der Waals surface area contributed by atoms with E-state index in [4.69, 9.17) is 0 Å². The third-order valence-electron chi connectivity index (χ3n) is 2.42. The van der Waals surface area contributed by atoms with Gasteiger partial charge in [-0.2, -0.15) is 0 Å². The molecule has 3 aromatic rings. The van der Waals surface area contributed by atoms with Crippen LogP contribution in [0.2, 0.25) is 0 Å². The number of pyridine rings is 1. The van der Waals surface area contributed by atoms with Gasteiger partial charge in [-0.05, 0) is 22.7 Å². The standard InChI is InChI=1S/C12H8N4/c1-2-4-10-9(3-1)5-7-13-12(10)11-6-8-14-16-15-11/h1-8H. The first-order valence-electron chi connectivity index (χ1n) is 4.93. The predicted molar refractivity (Wildman–Crippen MR) is 60.6 cm³/mol. The molecule has 0 radical (unpaired) electrons. The zero-order chi connectivity index (χ0) is 10.8. The summed E-state index contributed by atoms with van der Waals surface area (Å²) in [5.74, 6) is 0. The molecule has 16 heavy (non-hydrogen) atoms. The number of hydrogen-bond acceptors (Lipinski definition) is 4. The van der Waals surface area contributed by atoms with Crippen molar-refractivity contribution in [1.29, 1.82) is 0 Å². The molecule has 76 valence electrons. The van der Waals surface area contributed by atoms with Crippen LogP contribution >= 0.6 is 0 Å². The zero-order valence-corrected chi connectivity index (χ0v) is 8.41. The van der Waals surface area contributed by atoms with Crippen LogP contribution in [-0.4, -0.2) is 20.4 Å². The van der Waals surface area contributed by atoms with E-state index in [0.29, 0.717) is 0 Å². The van der Waals surface area contributed by atoms with Crippen LogP contribution in [0.4, 0.5) is 0 Å². The third kappa shape index (κ3) is 1.40. The topological polar surface area (TPSA) is 51.6 Å². The molecule has 0 aliphatic rings. The Kier molecular flexibility index (Phi) is 2.04. The first-order chi connectivity index (χ1) is 7.95. The highest BCUT2D eigenvalue weighted by Crippen LogP contribution is 2.23. The van der Waals surface area contributed by atoms with E-state index in [1.165, 1.54) is 0 Å². The van der Waals surface area contributed by atoms with Gasteiger partial charge in [0.05, 0.1) is 11.9 Å². The third-order valence-corrected chi connectivity index (χ3v) is 2.42. The Hall–Kier alpha value is -2.36. The maximum Gasteiger partial charge on any atom is 0.115 e. The average molecular weight is 208 g/mol. The molecule has 0 spiro atoms. The molecule has 0 aliphatic carbocycles. The highest BCUT2D eigenvalue weighted by atomic mass is 15.3. The number of rotatable bonds is 1. The summed E-state index contributed by atoms with van der Waals surface area (Å²) in [6, 6.07) is 11.9. The minimum atomic E-state index is 0.742. The lowest BCUT2D eigenvalue weighted by atomic mass is 10.1. The average Bonchev–Trinajstić information content (AvgIpc) is 2.39. The molecule has 0 amide bonds. The van der Waals surface area contributed by atoms with Crippen molar-refractivity contribution < 1.29 is 0 Å². The largest absolute Gasteiger partial charge is 0.254 e. The molecule has 2 aromatic heterocycles. The van der Waals surface area contributed by atoms with Gasteiger partial charge in [-0.25, -0.2) is 0 Å².